The quantitative estimate of drug-likeness (QED) is 0.628. The van der Waals surface area contributed by atoms with E-state index in [-0.39, 0.29) is 23.6 Å². The average molecular weight is 253 g/mol. The number of fused-ring (bicyclic) bond motifs is 1. The minimum absolute atomic E-state index is 0.0869. The highest BCUT2D eigenvalue weighted by atomic mass is 35.5. The van der Waals surface area contributed by atoms with Gasteiger partial charge in [-0.1, -0.05) is 13.0 Å². The van der Waals surface area contributed by atoms with E-state index in [1.807, 2.05) is 13.0 Å². The van der Waals surface area contributed by atoms with E-state index in [9.17, 15) is 9.59 Å². The molecule has 1 heterocycles. The highest BCUT2D eigenvalue weighted by Crippen LogP contribution is 2.31. The van der Waals surface area contributed by atoms with Crippen molar-refractivity contribution in [3.05, 3.63) is 23.8 Å². The molecule has 0 saturated carbocycles. The summed E-state index contributed by atoms with van der Waals surface area (Å²) in [4.78, 5) is 22.7. The van der Waals surface area contributed by atoms with Crippen molar-refractivity contribution in [2.45, 2.75) is 25.1 Å². The summed E-state index contributed by atoms with van der Waals surface area (Å²) in [5.41, 5.74) is 2.16. The third kappa shape index (κ3) is 2.58. The lowest BCUT2D eigenvalue weighted by molar-refractivity contribution is -0.123. The molecule has 0 radical (unpaired) electrons. The molecule has 0 aromatic heterocycles. The van der Waals surface area contributed by atoms with Crippen LogP contribution < -0.4 is 10.6 Å². The monoisotopic (exact) mass is 252 g/mol. The molecule has 1 unspecified atom stereocenters. The number of hydrogen-bond acceptors (Lipinski definition) is 2. The van der Waals surface area contributed by atoms with Crippen LogP contribution in [0.4, 0.5) is 11.4 Å². The molecule has 0 aliphatic carbocycles. The first kappa shape index (κ1) is 11.9. The van der Waals surface area contributed by atoms with Gasteiger partial charge < -0.3 is 10.6 Å². The summed E-state index contributed by atoms with van der Waals surface area (Å²) in [6.45, 7) is 1.99. The molecular weight excluding hydrogens is 240 g/mol. The van der Waals surface area contributed by atoms with Crippen LogP contribution in [0.25, 0.3) is 0 Å². The van der Waals surface area contributed by atoms with Gasteiger partial charge in [0.05, 0.1) is 16.8 Å². The number of carbonyl (C=O) groups excluding carboxylic acids is 2. The average Bonchev–Trinajstić information content (AvgIpc) is 2.43. The second-order valence-corrected chi connectivity index (χ2v) is 4.48. The summed E-state index contributed by atoms with van der Waals surface area (Å²) in [5.74, 6) is -0.604. The summed E-state index contributed by atoms with van der Waals surface area (Å²) < 4.78 is 0. The molecule has 2 amide bonds. The van der Waals surface area contributed by atoms with Crippen LogP contribution in [-0.4, -0.2) is 11.8 Å². The molecule has 1 aliphatic heterocycles. The Kier molecular flexibility index (Phi) is 3.33. The van der Waals surface area contributed by atoms with Crippen molar-refractivity contribution >= 4 is 34.8 Å². The van der Waals surface area contributed by atoms with Gasteiger partial charge in [-0.25, -0.2) is 0 Å². The van der Waals surface area contributed by atoms with E-state index in [0.717, 1.165) is 12.0 Å². The minimum atomic E-state index is -0.305. The van der Waals surface area contributed by atoms with Crippen LogP contribution >= 0.6 is 11.6 Å². The van der Waals surface area contributed by atoms with Gasteiger partial charge in [-0.2, -0.15) is 0 Å². The molecule has 2 rings (SSSR count). The number of benzene rings is 1. The Balaban J connectivity index is 2.37. The van der Waals surface area contributed by atoms with Crippen LogP contribution in [0.2, 0.25) is 0 Å². The van der Waals surface area contributed by atoms with E-state index in [0.29, 0.717) is 11.4 Å². The van der Waals surface area contributed by atoms with E-state index in [2.05, 4.69) is 10.6 Å². The van der Waals surface area contributed by atoms with Crippen molar-refractivity contribution in [1.82, 2.24) is 0 Å². The summed E-state index contributed by atoms with van der Waals surface area (Å²) >= 11 is 6.14. The molecule has 90 valence electrons. The zero-order valence-electron chi connectivity index (χ0n) is 9.42. The van der Waals surface area contributed by atoms with Crippen LogP contribution in [0.1, 0.15) is 30.7 Å². The Morgan fingerprint density at radius 2 is 1.88 bits per heavy atom. The van der Waals surface area contributed by atoms with Gasteiger partial charge in [0.15, 0.2) is 0 Å². The van der Waals surface area contributed by atoms with Crippen LogP contribution in [0.3, 0.4) is 0 Å². The van der Waals surface area contributed by atoms with E-state index >= 15 is 0 Å². The zero-order chi connectivity index (χ0) is 12.4. The third-order valence-electron chi connectivity index (χ3n) is 2.63. The number of carbonyl (C=O) groups is 2. The molecule has 4 nitrogen and oxygen atoms in total. The lowest BCUT2D eigenvalue weighted by atomic mass is 10.1. The van der Waals surface area contributed by atoms with Crippen LogP contribution in [-0.2, 0) is 9.59 Å². The van der Waals surface area contributed by atoms with Gasteiger partial charge in [0.25, 0.3) is 0 Å². The summed E-state index contributed by atoms with van der Waals surface area (Å²) in [7, 11) is 0. The van der Waals surface area contributed by atoms with Crippen molar-refractivity contribution < 1.29 is 9.59 Å². The van der Waals surface area contributed by atoms with Crippen LogP contribution in [0.5, 0.6) is 0 Å². The molecule has 2 N–H and O–H groups in total. The summed E-state index contributed by atoms with van der Waals surface area (Å²) in [5, 5.41) is 5.28. The number of amides is 2. The maximum atomic E-state index is 11.4. The largest absolute Gasteiger partial charge is 0.324 e. The maximum Gasteiger partial charge on any atom is 0.233 e. The van der Waals surface area contributed by atoms with Crippen molar-refractivity contribution in [3.63, 3.8) is 0 Å². The molecule has 0 fully saturated rings. The lowest BCUT2D eigenvalue weighted by Gasteiger charge is -2.12. The van der Waals surface area contributed by atoms with Crippen LogP contribution in [0, 0.1) is 0 Å². The van der Waals surface area contributed by atoms with E-state index in [1.54, 1.807) is 12.1 Å². The number of hydrogen-bond donors (Lipinski definition) is 2. The van der Waals surface area contributed by atoms with E-state index in [1.165, 1.54) is 0 Å². The molecule has 1 aromatic carbocycles. The fourth-order valence-electron chi connectivity index (χ4n) is 1.74. The number of rotatable bonds is 2. The third-order valence-corrected chi connectivity index (χ3v) is 3.19. The van der Waals surface area contributed by atoms with Gasteiger partial charge in [-0.05, 0) is 24.1 Å². The first-order valence-electron chi connectivity index (χ1n) is 5.48. The lowest BCUT2D eigenvalue weighted by Crippen LogP contribution is -2.16. The fourth-order valence-corrected chi connectivity index (χ4v) is 1.88. The Morgan fingerprint density at radius 1 is 1.24 bits per heavy atom. The molecule has 5 heteroatoms. The number of halogens is 1. The smallest absolute Gasteiger partial charge is 0.233 e. The molecule has 1 atom stereocenters. The zero-order valence-corrected chi connectivity index (χ0v) is 10.2. The molecule has 0 saturated heterocycles. The number of anilines is 2. The molecule has 17 heavy (non-hydrogen) atoms. The fraction of sp³-hybridized carbons (Fsp3) is 0.333. The molecule has 1 aromatic rings. The Labute approximate surface area is 104 Å². The minimum Gasteiger partial charge on any atom is -0.324 e. The predicted molar refractivity (Wildman–Crippen MR) is 67.2 cm³/mol. The van der Waals surface area contributed by atoms with E-state index in [4.69, 9.17) is 11.6 Å². The van der Waals surface area contributed by atoms with Gasteiger partial charge in [-0.3, -0.25) is 9.59 Å². The van der Waals surface area contributed by atoms with Crippen molar-refractivity contribution in [2.24, 2.45) is 0 Å². The predicted octanol–water partition coefficient (Wildman–Crippen LogP) is 2.66. The second-order valence-electron chi connectivity index (χ2n) is 3.95. The highest BCUT2D eigenvalue weighted by Gasteiger charge is 2.19. The normalized spacial score (nSPS) is 16.6. The Morgan fingerprint density at radius 3 is 2.53 bits per heavy atom. The Bertz CT molecular complexity index is 474. The van der Waals surface area contributed by atoms with Crippen molar-refractivity contribution in [3.8, 4) is 0 Å². The highest BCUT2D eigenvalue weighted by molar-refractivity contribution is 6.21. The first-order chi connectivity index (χ1) is 8.10. The SMILES string of the molecule is CCC(Cl)c1ccc2c(c1)NC(=O)CC(=O)N2. The van der Waals surface area contributed by atoms with Gasteiger partial charge in [0.1, 0.15) is 6.42 Å². The first-order valence-corrected chi connectivity index (χ1v) is 5.91. The van der Waals surface area contributed by atoms with Crippen LogP contribution in [0.15, 0.2) is 18.2 Å². The van der Waals surface area contributed by atoms with Gasteiger partial charge >= 0.3 is 0 Å². The molecular formula is C12H13ClN2O2. The standard InChI is InChI=1S/C12H13ClN2O2/c1-2-8(13)7-3-4-9-10(5-7)15-12(17)6-11(16)14-9/h3-5,8H,2,6H2,1H3,(H,14,16)(H,15,17). The topological polar surface area (TPSA) is 58.2 Å². The van der Waals surface area contributed by atoms with Gasteiger partial charge in [0, 0.05) is 0 Å². The molecule has 0 bridgehead atoms. The Hall–Kier alpha value is -1.55. The number of nitrogens with one attached hydrogen (secondary N) is 2. The summed E-state index contributed by atoms with van der Waals surface area (Å²) in [6, 6.07) is 5.43. The van der Waals surface area contributed by atoms with Gasteiger partial charge in [-0.15, -0.1) is 11.6 Å². The summed E-state index contributed by atoms with van der Waals surface area (Å²) in [6.07, 6.45) is 0.655. The maximum absolute atomic E-state index is 11.4. The van der Waals surface area contributed by atoms with E-state index < -0.39 is 0 Å². The van der Waals surface area contributed by atoms with Crippen molar-refractivity contribution in [2.75, 3.05) is 10.6 Å². The van der Waals surface area contributed by atoms with Crippen molar-refractivity contribution in [1.29, 1.82) is 0 Å². The molecule has 1 aliphatic rings. The number of alkyl halides is 1. The molecule has 0 spiro atoms. The van der Waals surface area contributed by atoms with Gasteiger partial charge in [0.2, 0.25) is 11.8 Å². The second kappa shape index (κ2) is 4.75.